The van der Waals surface area contributed by atoms with Gasteiger partial charge in [0.15, 0.2) is 0 Å². The molecule has 1 aromatic rings. The highest BCUT2D eigenvalue weighted by molar-refractivity contribution is 7.99. The molecule has 0 saturated carbocycles. The fourth-order valence-corrected chi connectivity index (χ4v) is 2.43. The summed E-state index contributed by atoms with van der Waals surface area (Å²) in [5.74, 6) is 0.724. The van der Waals surface area contributed by atoms with Crippen LogP contribution in [0.15, 0.2) is 17.3 Å². The molecule has 0 atom stereocenters. The molecule has 1 rings (SSSR count). The van der Waals surface area contributed by atoms with Gasteiger partial charge in [-0.2, -0.15) is 13.2 Å². The van der Waals surface area contributed by atoms with Crippen molar-refractivity contribution in [3.63, 3.8) is 0 Å². The number of hydrogen-bond donors (Lipinski definition) is 1. The lowest BCUT2D eigenvalue weighted by atomic mass is 10.3. The van der Waals surface area contributed by atoms with Crippen LogP contribution in [-0.4, -0.2) is 23.8 Å². The van der Waals surface area contributed by atoms with Crippen LogP contribution in [-0.2, 0) is 6.18 Å². The Bertz CT molecular complexity index is 399. The van der Waals surface area contributed by atoms with Crippen molar-refractivity contribution in [1.29, 1.82) is 0 Å². The third-order valence-corrected chi connectivity index (χ3v) is 3.77. The second kappa shape index (κ2) is 7.97. The van der Waals surface area contributed by atoms with Gasteiger partial charge in [0.1, 0.15) is 5.03 Å². The minimum absolute atomic E-state index is 0.0494. The van der Waals surface area contributed by atoms with Crippen LogP contribution in [0, 0.1) is 0 Å². The van der Waals surface area contributed by atoms with E-state index in [1.807, 2.05) is 0 Å². The fourth-order valence-electron chi connectivity index (χ4n) is 1.33. The Balaban J connectivity index is 2.43. The van der Waals surface area contributed by atoms with Crippen LogP contribution in [0.4, 0.5) is 13.2 Å². The van der Waals surface area contributed by atoms with Crippen LogP contribution in [0.3, 0.4) is 0 Å². The van der Waals surface area contributed by atoms with E-state index in [1.54, 1.807) is 0 Å². The van der Waals surface area contributed by atoms with E-state index in [0.717, 1.165) is 43.9 Å². The molecule has 1 aromatic heterocycles. The standard InChI is InChI=1S/C12H16ClF3N2S/c1-2-3-4-17-5-6-19-11-10(13)7-9(8-18-11)12(14,15)16/h7-8,17H,2-6H2,1H3. The van der Waals surface area contributed by atoms with E-state index in [2.05, 4.69) is 17.2 Å². The largest absolute Gasteiger partial charge is 0.417 e. The Hall–Kier alpha value is -0.460. The molecule has 0 bridgehead atoms. The van der Waals surface area contributed by atoms with Crippen molar-refractivity contribution >= 4 is 23.4 Å². The summed E-state index contributed by atoms with van der Waals surface area (Å²) >= 11 is 7.15. The van der Waals surface area contributed by atoms with Crippen molar-refractivity contribution in [3.8, 4) is 0 Å². The quantitative estimate of drug-likeness (QED) is 0.602. The van der Waals surface area contributed by atoms with Gasteiger partial charge in [-0.25, -0.2) is 4.98 Å². The number of thioether (sulfide) groups is 1. The highest BCUT2D eigenvalue weighted by atomic mass is 35.5. The molecule has 0 unspecified atom stereocenters. The minimum Gasteiger partial charge on any atom is -0.316 e. The van der Waals surface area contributed by atoms with Crippen LogP contribution in [0.2, 0.25) is 5.02 Å². The van der Waals surface area contributed by atoms with E-state index in [1.165, 1.54) is 11.8 Å². The van der Waals surface area contributed by atoms with Crippen molar-refractivity contribution in [2.45, 2.75) is 31.0 Å². The second-order valence-corrected chi connectivity index (χ2v) is 5.45. The predicted octanol–water partition coefficient (Wildman–Crippen LogP) is 4.24. The van der Waals surface area contributed by atoms with Crippen LogP contribution in [0.5, 0.6) is 0 Å². The number of rotatable bonds is 7. The number of nitrogens with zero attached hydrogens (tertiary/aromatic N) is 1. The molecular formula is C12H16ClF3N2S. The molecule has 7 heteroatoms. The molecule has 0 saturated heterocycles. The van der Waals surface area contributed by atoms with Gasteiger partial charge >= 0.3 is 6.18 Å². The first-order valence-electron chi connectivity index (χ1n) is 6.01. The van der Waals surface area contributed by atoms with Gasteiger partial charge in [-0.05, 0) is 19.0 Å². The van der Waals surface area contributed by atoms with Crippen molar-refractivity contribution in [2.24, 2.45) is 0 Å². The zero-order valence-corrected chi connectivity index (χ0v) is 12.1. The summed E-state index contributed by atoms with van der Waals surface area (Å²) in [5.41, 5.74) is -0.817. The molecule has 0 amide bonds. The Labute approximate surface area is 120 Å². The summed E-state index contributed by atoms with van der Waals surface area (Å²) in [4.78, 5) is 3.76. The normalized spacial score (nSPS) is 11.8. The second-order valence-electron chi connectivity index (χ2n) is 3.96. The first kappa shape index (κ1) is 16.6. The molecule has 0 fully saturated rings. The summed E-state index contributed by atoms with van der Waals surface area (Å²) in [6.07, 6.45) is -1.34. The molecule has 0 aromatic carbocycles. The molecule has 0 aliphatic heterocycles. The third kappa shape index (κ3) is 6.01. The highest BCUT2D eigenvalue weighted by Crippen LogP contribution is 2.33. The average Bonchev–Trinajstić information content (AvgIpc) is 2.34. The Morgan fingerprint density at radius 3 is 2.68 bits per heavy atom. The van der Waals surface area contributed by atoms with Gasteiger partial charge in [-0.1, -0.05) is 24.9 Å². The van der Waals surface area contributed by atoms with Crippen molar-refractivity contribution in [2.75, 3.05) is 18.8 Å². The van der Waals surface area contributed by atoms with E-state index >= 15 is 0 Å². The van der Waals surface area contributed by atoms with Gasteiger partial charge in [-0.3, -0.25) is 0 Å². The van der Waals surface area contributed by atoms with Gasteiger partial charge in [0.25, 0.3) is 0 Å². The van der Waals surface area contributed by atoms with Crippen LogP contribution >= 0.6 is 23.4 Å². The van der Waals surface area contributed by atoms with E-state index in [4.69, 9.17) is 11.6 Å². The third-order valence-electron chi connectivity index (χ3n) is 2.36. The van der Waals surface area contributed by atoms with Gasteiger partial charge < -0.3 is 5.32 Å². The summed E-state index contributed by atoms with van der Waals surface area (Å²) in [6, 6.07) is 0.918. The van der Waals surface area contributed by atoms with E-state index in [9.17, 15) is 13.2 Å². The number of hydrogen-bond acceptors (Lipinski definition) is 3. The Kier molecular flexibility index (Phi) is 6.96. The molecule has 19 heavy (non-hydrogen) atoms. The number of unbranched alkanes of at least 4 members (excludes halogenated alkanes) is 1. The zero-order chi connectivity index (χ0) is 14.3. The number of aromatic nitrogens is 1. The lowest BCUT2D eigenvalue weighted by molar-refractivity contribution is -0.137. The topological polar surface area (TPSA) is 24.9 Å². The van der Waals surface area contributed by atoms with Gasteiger partial charge in [0, 0.05) is 18.5 Å². The Morgan fingerprint density at radius 2 is 2.11 bits per heavy atom. The van der Waals surface area contributed by atoms with Crippen molar-refractivity contribution in [3.05, 3.63) is 22.8 Å². The van der Waals surface area contributed by atoms with Gasteiger partial charge in [-0.15, -0.1) is 11.8 Å². The molecule has 0 aliphatic rings. The minimum atomic E-state index is -4.40. The molecule has 2 nitrogen and oxygen atoms in total. The van der Waals surface area contributed by atoms with Gasteiger partial charge in [0.05, 0.1) is 10.6 Å². The predicted molar refractivity (Wildman–Crippen MR) is 72.8 cm³/mol. The van der Waals surface area contributed by atoms with Crippen LogP contribution in [0.25, 0.3) is 0 Å². The van der Waals surface area contributed by atoms with Crippen molar-refractivity contribution in [1.82, 2.24) is 10.3 Å². The van der Waals surface area contributed by atoms with Crippen LogP contribution in [0.1, 0.15) is 25.3 Å². The first-order valence-corrected chi connectivity index (χ1v) is 7.37. The lowest BCUT2D eigenvalue weighted by Crippen LogP contribution is -2.18. The van der Waals surface area contributed by atoms with Gasteiger partial charge in [0.2, 0.25) is 0 Å². The molecule has 108 valence electrons. The monoisotopic (exact) mass is 312 g/mol. The maximum atomic E-state index is 12.4. The molecular weight excluding hydrogens is 297 g/mol. The van der Waals surface area contributed by atoms with Crippen LogP contribution < -0.4 is 5.32 Å². The molecule has 1 heterocycles. The number of nitrogens with one attached hydrogen (secondary N) is 1. The molecule has 0 radical (unpaired) electrons. The maximum absolute atomic E-state index is 12.4. The van der Waals surface area contributed by atoms with E-state index in [0.29, 0.717) is 5.03 Å². The zero-order valence-electron chi connectivity index (χ0n) is 10.6. The number of pyridine rings is 1. The number of alkyl halides is 3. The fraction of sp³-hybridized carbons (Fsp3) is 0.583. The highest BCUT2D eigenvalue weighted by Gasteiger charge is 2.31. The lowest BCUT2D eigenvalue weighted by Gasteiger charge is -2.09. The molecule has 1 N–H and O–H groups in total. The molecule has 0 spiro atoms. The molecule has 0 aliphatic carbocycles. The SMILES string of the molecule is CCCCNCCSc1ncc(C(F)(F)F)cc1Cl. The van der Waals surface area contributed by atoms with E-state index < -0.39 is 11.7 Å². The van der Waals surface area contributed by atoms with E-state index in [-0.39, 0.29) is 5.02 Å². The summed E-state index contributed by atoms with van der Waals surface area (Å²) in [5, 5.41) is 3.73. The Morgan fingerprint density at radius 1 is 1.37 bits per heavy atom. The maximum Gasteiger partial charge on any atom is 0.417 e. The number of halogens is 4. The smallest absolute Gasteiger partial charge is 0.316 e. The summed E-state index contributed by atoms with van der Waals surface area (Å²) in [7, 11) is 0. The average molecular weight is 313 g/mol. The summed E-state index contributed by atoms with van der Waals surface area (Å²) in [6.45, 7) is 3.84. The van der Waals surface area contributed by atoms with Crippen molar-refractivity contribution < 1.29 is 13.2 Å². The summed E-state index contributed by atoms with van der Waals surface area (Å²) < 4.78 is 37.2. The first-order chi connectivity index (χ1) is 8.95.